The number of rotatable bonds is 17. The van der Waals surface area contributed by atoms with Gasteiger partial charge in [-0.1, -0.05) is 133 Å². The van der Waals surface area contributed by atoms with Crippen LogP contribution >= 0.6 is 11.8 Å². The smallest absolute Gasteiger partial charge is 0.133 e. The van der Waals surface area contributed by atoms with Crippen molar-refractivity contribution in [3.05, 3.63) is 173 Å². The van der Waals surface area contributed by atoms with Crippen molar-refractivity contribution >= 4 is 11.8 Å². The summed E-state index contributed by atoms with van der Waals surface area (Å²) in [5.74, 6) is 1.55. The molecule has 0 N–H and O–H groups in total. The second-order valence-corrected chi connectivity index (χ2v) is 13.1. The Balaban J connectivity index is 1.29. The molecule has 5 aromatic rings. The van der Waals surface area contributed by atoms with Crippen LogP contribution in [0.3, 0.4) is 0 Å². The molecule has 5 atom stereocenters. The maximum absolute atomic E-state index is 6.96. The van der Waals surface area contributed by atoms with E-state index in [4.69, 9.17) is 28.4 Å². The molecule has 5 aromatic carbocycles. The third-order valence-corrected chi connectivity index (χ3v) is 9.62. The third-order valence-electron chi connectivity index (χ3n) is 8.41. The van der Waals surface area contributed by atoms with Crippen LogP contribution in [-0.2, 0) is 55.9 Å². The van der Waals surface area contributed by atoms with Crippen LogP contribution in [0.4, 0.5) is 0 Å². The minimum absolute atomic E-state index is 0.338. The average molecular weight is 677 g/mol. The normalized spacial score (nSPS) is 20.6. The summed E-state index contributed by atoms with van der Waals surface area (Å²) < 4.78 is 39.1. The molecule has 1 heterocycles. The van der Waals surface area contributed by atoms with E-state index in [9.17, 15) is 0 Å². The Bertz CT molecular complexity index is 1620. The zero-order chi connectivity index (χ0) is 33.5. The number of hydrogen-bond donors (Lipinski definition) is 0. The molecule has 6 nitrogen and oxygen atoms in total. The minimum atomic E-state index is -0.460. The summed E-state index contributed by atoms with van der Waals surface area (Å²) in [5.41, 5.74) is 5.15. The molecular weight excluding hydrogens is 633 g/mol. The van der Waals surface area contributed by atoms with E-state index in [2.05, 4.69) is 60.7 Å². The Hall–Kier alpha value is -3.95. The lowest BCUT2D eigenvalue weighted by Crippen LogP contribution is -2.60. The lowest BCUT2D eigenvalue weighted by molar-refractivity contribution is -0.254. The van der Waals surface area contributed by atoms with Gasteiger partial charge in [0.1, 0.15) is 35.6 Å². The van der Waals surface area contributed by atoms with Gasteiger partial charge in [0.15, 0.2) is 0 Å². The van der Waals surface area contributed by atoms with Crippen molar-refractivity contribution in [2.45, 2.75) is 62.0 Å². The molecule has 254 valence electrons. The van der Waals surface area contributed by atoms with Gasteiger partial charge in [0, 0.05) is 5.75 Å². The van der Waals surface area contributed by atoms with Gasteiger partial charge >= 0.3 is 0 Å². The Kier molecular flexibility index (Phi) is 13.3. The summed E-state index contributed by atoms with van der Waals surface area (Å²) >= 11 is 1.70. The van der Waals surface area contributed by atoms with Gasteiger partial charge < -0.3 is 28.4 Å². The molecule has 0 unspecified atom stereocenters. The first-order chi connectivity index (χ1) is 24.2. The molecule has 1 aliphatic rings. The van der Waals surface area contributed by atoms with Crippen LogP contribution < -0.4 is 4.74 Å². The fraction of sp³-hybridized carbons (Fsp3) is 0.286. The van der Waals surface area contributed by atoms with E-state index >= 15 is 0 Å². The van der Waals surface area contributed by atoms with Gasteiger partial charge in [-0.15, -0.1) is 11.8 Å². The maximum Gasteiger partial charge on any atom is 0.133 e. The van der Waals surface area contributed by atoms with Crippen molar-refractivity contribution in [3.8, 4) is 5.75 Å². The van der Waals surface area contributed by atoms with E-state index < -0.39 is 24.4 Å². The first-order valence-corrected chi connectivity index (χ1v) is 17.8. The highest BCUT2D eigenvalue weighted by Gasteiger charge is 2.48. The van der Waals surface area contributed by atoms with Gasteiger partial charge in [0.25, 0.3) is 0 Å². The van der Waals surface area contributed by atoms with Gasteiger partial charge in [0.05, 0.1) is 40.1 Å². The highest BCUT2D eigenvalue weighted by atomic mass is 32.2. The number of benzene rings is 5. The standard InChI is InChI=1S/C42H44O6S/c1-43-37-24-22-36(23-25-37)31-49-42-41(47-29-35-20-12-5-13-21-35)40(46-28-34-18-10-4-11-19-34)39(45-27-33-16-8-3-9-17-33)38(48-42)30-44-26-32-14-6-2-7-15-32/h2-25,38-42H,26-31H2,1H3/t38-,39-,40+,41+,42-/m1/s1. The molecule has 0 saturated carbocycles. The molecule has 0 spiro atoms. The lowest BCUT2D eigenvalue weighted by Gasteiger charge is -2.46. The summed E-state index contributed by atoms with van der Waals surface area (Å²) in [5, 5.41) is 0. The summed E-state index contributed by atoms with van der Waals surface area (Å²) in [6, 6.07) is 49.0. The molecule has 6 rings (SSSR count). The molecule has 1 saturated heterocycles. The zero-order valence-electron chi connectivity index (χ0n) is 27.8. The van der Waals surface area contributed by atoms with Crippen molar-refractivity contribution in [2.24, 2.45) is 0 Å². The fourth-order valence-electron chi connectivity index (χ4n) is 5.78. The SMILES string of the molecule is COc1ccc(CS[C@H]2O[C@H](COCc3ccccc3)[C@@H](OCc3ccccc3)[C@H](OCc3ccccc3)[C@@H]2OCc2ccccc2)cc1. The van der Waals surface area contributed by atoms with Gasteiger partial charge in [0.2, 0.25) is 0 Å². The predicted octanol–water partition coefficient (Wildman–Crippen LogP) is 8.63. The van der Waals surface area contributed by atoms with Crippen LogP contribution in [0.15, 0.2) is 146 Å². The monoisotopic (exact) mass is 676 g/mol. The number of methoxy groups -OCH3 is 1. The lowest BCUT2D eigenvalue weighted by atomic mass is 9.98. The molecule has 7 heteroatoms. The number of ether oxygens (including phenoxy) is 6. The largest absolute Gasteiger partial charge is 0.497 e. The van der Waals surface area contributed by atoms with E-state index in [0.29, 0.717) is 33.0 Å². The highest BCUT2D eigenvalue weighted by Crippen LogP contribution is 2.37. The van der Waals surface area contributed by atoms with Crippen LogP contribution in [0.1, 0.15) is 27.8 Å². The highest BCUT2D eigenvalue weighted by molar-refractivity contribution is 7.99. The van der Waals surface area contributed by atoms with Crippen molar-refractivity contribution in [1.82, 2.24) is 0 Å². The van der Waals surface area contributed by atoms with Crippen LogP contribution in [0, 0.1) is 0 Å². The third kappa shape index (κ3) is 10.5. The first kappa shape index (κ1) is 34.9. The van der Waals surface area contributed by atoms with Gasteiger partial charge in [-0.25, -0.2) is 0 Å². The molecule has 0 aromatic heterocycles. The molecule has 0 radical (unpaired) electrons. The van der Waals surface area contributed by atoms with Crippen LogP contribution in [0.2, 0.25) is 0 Å². The topological polar surface area (TPSA) is 55.4 Å². The second kappa shape index (κ2) is 18.7. The van der Waals surface area contributed by atoms with Crippen LogP contribution in [-0.4, -0.2) is 43.6 Å². The Morgan fingerprint density at radius 1 is 0.490 bits per heavy atom. The minimum Gasteiger partial charge on any atom is -0.497 e. The molecule has 0 aliphatic carbocycles. The first-order valence-electron chi connectivity index (χ1n) is 16.7. The summed E-state index contributed by atoms with van der Waals surface area (Å²) in [6.45, 7) is 2.05. The Morgan fingerprint density at radius 3 is 1.43 bits per heavy atom. The van der Waals surface area contributed by atoms with Gasteiger partial charge in [-0.3, -0.25) is 0 Å². The van der Waals surface area contributed by atoms with E-state index in [-0.39, 0.29) is 5.44 Å². The van der Waals surface area contributed by atoms with Crippen molar-refractivity contribution < 1.29 is 28.4 Å². The molecule has 1 fully saturated rings. The van der Waals surface area contributed by atoms with Crippen molar-refractivity contribution in [1.29, 1.82) is 0 Å². The van der Waals surface area contributed by atoms with Gasteiger partial charge in [-0.05, 0) is 39.9 Å². The number of thioether (sulfide) groups is 1. The quantitative estimate of drug-likeness (QED) is 0.0978. The average Bonchev–Trinajstić information content (AvgIpc) is 3.17. The summed E-state index contributed by atoms with van der Waals surface area (Å²) in [7, 11) is 1.68. The number of hydrogen-bond acceptors (Lipinski definition) is 7. The Morgan fingerprint density at radius 2 is 0.939 bits per heavy atom. The maximum atomic E-state index is 6.96. The molecule has 1 aliphatic heterocycles. The van der Waals surface area contributed by atoms with E-state index in [1.165, 1.54) is 0 Å². The van der Waals surface area contributed by atoms with E-state index in [1.807, 2.05) is 84.9 Å². The van der Waals surface area contributed by atoms with Crippen LogP contribution in [0.25, 0.3) is 0 Å². The molecule has 49 heavy (non-hydrogen) atoms. The van der Waals surface area contributed by atoms with E-state index in [1.54, 1.807) is 18.9 Å². The zero-order valence-corrected chi connectivity index (χ0v) is 28.7. The van der Waals surface area contributed by atoms with E-state index in [0.717, 1.165) is 39.3 Å². The fourth-order valence-corrected chi connectivity index (χ4v) is 6.97. The Labute approximate surface area is 294 Å². The van der Waals surface area contributed by atoms with Crippen molar-refractivity contribution in [3.63, 3.8) is 0 Å². The van der Waals surface area contributed by atoms with Crippen molar-refractivity contribution in [2.75, 3.05) is 13.7 Å². The second-order valence-electron chi connectivity index (χ2n) is 12.0. The summed E-state index contributed by atoms with van der Waals surface area (Å²) in [4.78, 5) is 0. The molecule has 0 amide bonds. The van der Waals surface area contributed by atoms with Gasteiger partial charge in [-0.2, -0.15) is 0 Å². The molecule has 0 bridgehead atoms. The van der Waals surface area contributed by atoms with Crippen LogP contribution in [0.5, 0.6) is 5.75 Å². The summed E-state index contributed by atoms with van der Waals surface area (Å²) in [6.07, 6.45) is -1.74. The predicted molar refractivity (Wildman–Crippen MR) is 194 cm³/mol. The molecular formula is C42H44O6S.